The molecule has 0 aromatic heterocycles. The summed E-state index contributed by atoms with van der Waals surface area (Å²) >= 11 is 5.55. The van der Waals surface area contributed by atoms with Crippen molar-refractivity contribution < 1.29 is 10.2 Å². The van der Waals surface area contributed by atoms with E-state index < -0.39 is 12.2 Å². The van der Waals surface area contributed by atoms with Gasteiger partial charge in [0.25, 0.3) is 0 Å². The Morgan fingerprint density at radius 3 is 2.41 bits per heavy atom. The lowest BCUT2D eigenvalue weighted by Gasteiger charge is -2.17. The number of halogens is 1. The molecule has 0 spiro atoms. The van der Waals surface area contributed by atoms with Gasteiger partial charge in [-0.05, 0) is 28.8 Å². The largest absolute Gasteiger partial charge is 0.390 e. The van der Waals surface area contributed by atoms with Crippen LogP contribution in [0.2, 0.25) is 0 Å². The Hall–Kier alpha value is -1.09. The van der Waals surface area contributed by atoms with Crippen molar-refractivity contribution in [3.05, 3.63) is 48.0 Å². The van der Waals surface area contributed by atoms with Gasteiger partial charge in [-0.15, -0.1) is 11.6 Å². The lowest BCUT2D eigenvalue weighted by Crippen LogP contribution is -2.18. The summed E-state index contributed by atoms with van der Waals surface area (Å²) in [6.45, 7) is 0. The van der Waals surface area contributed by atoms with Gasteiger partial charge in [0.1, 0.15) is 6.10 Å². The van der Waals surface area contributed by atoms with E-state index in [0.29, 0.717) is 12.3 Å². The van der Waals surface area contributed by atoms with E-state index in [1.807, 2.05) is 42.5 Å². The van der Waals surface area contributed by atoms with Crippen molar-refractivity contribution in [2.75, 3.05) is 5.88 Å². The number of rotatable bonds is 4. The van der Waals surface area contributed by atoms with Gasteiger partial charge >= 0.3 is 0 Å². The maximum absolute atomic E-state index is 9.97. The van der Waals surface area contributed by atoms with Crippen LogP contribution in [0.15, 0.2) is 42.5 Å². The molecule has 0 aliphatic rings. The van der Waals surface area contributed by atoms with Crippen LogP contribution < -0.4 is 0 Å². The van der Waals surface area contributed by atoms with Gasteiger partial charge in [-0.25, -0.2) is 0 Å². The minimum Gasteiger partial charge on any atom is -0.390 e. The van der Waals surface area contributed by atoms with Crippen LogP contribution in [0, 0.1) is 0 Å². The van der Waals surface area contributed by atoms with Gasteiger partial charge < -0.3 is 10.2 Å². The molecule has 2 atom stereocenters. The molecule has 3 heteroatoms. The van der Waals surface area contributed by atoms with E-state index in [9.17, 15) is 10.2 Å². The Morgan fingerprint density at radius 1 is 1.00 bits per heavy atom. The molecule has 0 bridgehead atoms. The fourth-order valence-corrected chi connectivity index (χ4v) is 2.11. The molecule has 0 saturated heterocycles. The third-order valence-electron chi connectivity index (χ3n) is 2.88. The second kappa shape index (κ2) is 5.50. The molecule has 2 nitrogen and oxygen atoms in total. The molecule has 2 rings (SSSR count). The molecule has 0 amide bonds. The molecule has 0 fully saturated rings. The SMILES string of the molecule is OC(CCCl)C(O)c1ccc2ccccc2c1. The number of benzene rings is 2. The molecule has 0 heterocycles. The van der Waals surface area contributed by atoms with E-state index >= 15 is 0 Å². The summed E-state index contributed by atoms with van der Waals surface area (Å²) in [5.74, 6) is 0.339. The second-order valence-electron chi connectivity index (χ2n) is 4.10. The van der Waals surface area contributed by atoms with Crippen molar-refractivity contribution in [2.24, 2.45) is 0 Å². The van der Waals surface area contributed by atoms with Crippen molar-refractivity contribution in [3.63, 3.8) is 0 Å². The third-order valence-corrected chi connectivity index (χ3v) is 3.10. The van der Waals surface area contributed by atoms with Crippen molar-refractivity contribution in [1.82, 2.24) is 0 Å². The Bertz CT molecular complexity index is 498. The maximum Gasteiger partial charge on any atom is 0.105 e. The number of fused-ring (bicyclic) bond motifs is 1. The molecule has 2 unspecified atom stereocenters. The Morgan fingerprint density at radius 2 is 1.71 bits per heavy atom. The van der Waals surface area contributed by atoms with Crippen LogP contribution in [-0.4, -0.2) is 22.2 Å². The smallest absolute Gasteiger partial charge is 0.105 e. The van der Waals surface area contributed by atoms with Crippen LogP contribution in [0.5, 0.6) is 0 Å². The summed E-state index contributed by atoms with van der Waals surface area (Å²) < 4.78 is 0. The van der Waals surface area contributed by atoms with Crippen LogP contribution in [0.25, 0.3) is 10.8 Å². The molecule has 17 heavy (non-hydrogen) atoms. The Balaban J connectivity index is 2.29. The van der Waals surface area contributed by atoms with E-state index in [4.69, 9.17) is 11.6 Å². The highest BCUT2D eigenvalue weighted by molar-refractivity contribution is 6.17. The van der Waals surface area contributed by atoms with E-state index in [1.54, 1.807) is 0 Å². The number of hydrogen-bond acceptors (Lipinski definition) is 2. The molecular formula is C14H15ClO2. The highest BCUT2D eigenvalue weighted by Crippen LogP contribution is 2.23. The number of aliphatic hydroxyl groups excluding tert-OH is 2. The standard InChI is InChI=1S/C14H15ClO2/c15-8-7-13(16)14(17)12-6-5-10-3-1-2-4-11(10)9-12/h1-6,9,13-14,16-17H,7-8H2. The summed E-state index contributed by atoms with van der Waals surface area (Å²) in [5.41, 5.74) is 0.723. The average molecular weight is 251 g/mol. The minimum atomic E-state index is -0.877. The molecule has 90 valence electrons. The van der Waals surface area contributed by atoms with Crippen molar-refractivity contribution >= 4 is 22.4 Å². The zero-order chi connectivity index (χ0) is 12.3. The van der Waals surface area contributed by atoms with Gasteiger partial charge in [0.15, 0.2) is 0 Å². The molecule has 0 saturated carbocycles. The highest BCUT2D eigenvalue weighted by atomic mass is 35.5. The van der Waals surface area contributed by atoms with Gasteiger partial charge in [-0.2, -0.15) is 0 Å². The zero-order valence-corrected chi connectivity index (χ0v) is 10.1. The van der Waals surface area contributed by atoms with E-state index in [-0.39, 0.29) is 0 Å². The molecule has 2 aromatic rings. The molecular weight excluding hydrogens is 236 g/mol. The third kappa shape index (κ3) is 2.78. The first-order valence-corrected chi connectivity index (χ1v) is 6.16. The van der Waals surface area contributed by atoms with Crippen molar-refractivity contribution in [2.45, 2.75) is 18.6 Å². The lowest BCUT2D eigenvalue weighted by atomic mass is 9.99. The fraction of sp³-hybridized carbons (Fsp3) is 0.286. The van der Waals surface area contributed by atoms with Gasteiger partial charge in [0.05, 0.1) is 6.10 Å². The molecule has 2 N–H and O–H groups in total. The fourth-order valence-electron chi connectivity index (χ4n) is 1.88. The second-order valence-corrected chi connectivity index (χ2v) is 4.47. The normalized spacial score (nSPS) is 14.8. The van der Waals surface area contributed by atoms with Crippen LogP contribution in [-0.2, 0) is 0 Å². The van der Waals surface area contributed by atoms with Crippen LogP contribution in [0.1, 0.15) is 18.1 Å². The topological polar surface area (TPSA) is 40.5 Å². The Labute approximate surface area is 105 Å². The number of hydrogen-bond donors (Lipinski definition) is 2. The summed E-state index contributed by atoms with van der Waals surface area (Å²) in [7, 11) is 0. The molecule has 2 aromatic carbocycles. The van der Waals surface area contributed by atoms with Gasteiger partial charge in [0.2, 0.25) is 0 Å². The van der Waals surface area contributed by atoms with Gasteiger partial charge in [-0.1, -0.05) is 36.4 Å². The van der Waals surface area contributed by atoms with Crippen molar-refractivity contribution in [1.29, 1.82) is 0 Å². The first kappa shape index (κ1) is 12.4. The van der Waals surface area contributed by atoms with Crippen molar-refractivity contribution in [3.8, 4) is 0 Å². The monoisotopic (exact) mass is 250 g/mol. The first-order chi connectivity index (χ1) is 8.22. The predicted octanol–water partition coefficient (Wildman–Crippen LogP) is 2.86. The molecule has 0 radical (unpaired) electrons. The quantitative estimate of drug-likeness (QED) is 0.820. The summed E-state index contributed by atoms with van der Waals surface area (Å²) in [6.07, 6.45) is -1.30. The van der Waals surface area contributed by atoms with Gasteiger partial charge in [0, 0.05) is 5.88 Å². The van der Waals surface area contributed by atoms with Crippen LogP contribution in [0.3, 0.4) is 0 Å². The zero-order valence-electron chi connectivity index (χ0n) is 9.38. The predicted molar refractivity (Wildman–Crippen MR) is 70.3 cm³/mol. The molecule has 0 aliphatic carbocycles. The summed E-state index contributed by atoms with van der Waals surface area (Å²) in [4.78, 5) is 0. The minimum absolute atomic E-state index is 0.339. The average Bonchev–Trinajstić information content (AvgIpc) is 2.37. The van der Waals surface area contributed by atoms with E-state index in [1.165, 1.54) is 0 Å². The first-order valence-electron chi connectivity index (χ1n) is 5.63. The maximum atomic E-state index is 9.97. The number of alkyl halides is 1. The van der Waals surface area contributed by atoms with E-state index in [2.05, 4.69) is 0 Å². The summed E-state index contributed by atoms with van der Waals surface area (Å²) in [5, 5.41) is 21.9. The highest BCUT2D eigenvalue weighted by Gasteiger charge is 2.17. The lowest BCUT2D eigenvalue weighted by molar-refractivity contribution is 0.0171. The summed E-state index contributed by atoms with van der Waals surface area (Å²) in [6, 6.07) is 13.6. The van der Waals surface area contributed by atoms with Crippen LogP contribution >= 0.6 is 11.6 Å². The van der Waals surface area contributed by atoms with Gasteiger partial charge in [-0.3, -0.25) is 0 Å². The number of aliphatic hydroxyl groups is 2. The molecule has 0 aliphatic heterocycles. The van der Waals surface area contributed by atoms with Crippen LogP contribution in [0.4, 0.5) is 0 Å². The Kier molecular flexibility index (Phi) is 4.00. The van der Waals surface area contributed by atoms with E-state index in [0.717, 1.165) is 16.3 Å².